The molecule has 0 saturated carbocycles. The van der Waals surface area contributed by atoms with Crippen LogP contribution in [0.2, 0.25) is 0 Å². The molecule has 0 spiro atoms. The van der Waals surface area contributed by atoms with E-state index in [2.05, 4.69) is 48.7 Å². The molecule has 0 radical (unpaired) electrons. The first kappa shape index (κ1) is 26.6. The van der Waals surface area contributed by atoms with Crippen molar-refractivity contribution < 1.29 is 9.53 Å². The van der Waals surface area contributed by atoms with Gasteiger partial charge in [0.1, 0.15) is 5.75 Å². The fourth-order valence-electron chi connectivity index (χ4n) is 3.62. The van der Waals surface area contributed by atoms with Crippen LogP contribution in [0, 0.1) is 6.92 Å². The Balaban J connectivity index is 0.00000385. The molecule has 1 fully saturated rings. The van der Waals surface area contributed by atoms with Crippen molar-refractivity contribution in [3.05, 3.63) is 47.8 Å². The van der Waals surface area contributed by atoms with Crippen molar-refractivity contribution in [2.75, 3.05) is 58.3 Å². The first-order valence-electron chi connectivity index (χ1n) is 11.0. The van der Waals surface area contributed by atoms with Crippen molar-refractivity contribution in [1.29, 1.82) is 0 Å². The van der Waals surface area contributed by atoms with Gasteiger partial charge in [-0.05, 0) is 36.6 Å². The number of guanidine groups is 1. The van der Waals surface area contributed by atoms with Gasteiger partial charge in [0.05, 0.1) is 7.11 Å². The van der Waals surface area contributed by atoms with Crippen molar-refractivity contribution in [2.24, 2.45) is 4.99 Å². The van der Waals surface area contributed by atoms with Crippen LogP contribution in [-0.4, -0.2) is 80.2 Å². The average molecular weight is 567 g/mol. The van der Waals surface area contributed by atoms with Gasteiger partial charge in [-0.1, -0.05) is 12.1 Å². The minimum absolute atomic E-state index is 0. The van der Waals surface area contributed by atoms with Crippen LogP contribution in [0.3, 0.4) is 0 Å². The number of methoxy groups -OCH3 is 1. The van der Waals surface area contributed by atoms with E-state index in [0.717, 1.165) is 43.3 Å². The molecule has 2 N–H and O–H groups in total. The Bertz CT molecular complexity index is 903. The maximum absolute atomic E-state index is 12.6. The summed E-state index contributed by atoms with van der Waals surface area (Å²) in [6.07, 6.45) is 4.76. The van der Waals surface area contributed by atoms with Crippen LogP contribution in [0.1, 0.15) is 17.5 Å². The fraction of sp³-hybridized carbons (Fsp3) is 0.478. The molecule has 1 aliphatic rings. The summed E-state index contributed by atoms with van der Waals surface area (Å²) in [5, 5.41) is 6.53. The minimum Gasteiger partial charge on any atom is -0.496 e. The number of aromatic nitrogens is 2. The zero-order valence-electron chi connectivity index (χ0n) is 19.6. The van der Waals surface area contributed by atoms with Gasteiger partial charge in [-0.3, -0.25) is 9.79 Å². The Morgan fingerprint density at radius 1 is 1.12 bits per heavy atom. The monoisotopic (exact) mass is 567 g/mol. The maximum atomic E-state index is 12.6. The van der Waals surface area contributed by atoms with Gasteiger partial charge >= 0.3 is 0 Å². The number of nitrogens with zero attached hydrogens (tertiary/aromatic N) is 5. The van der Waals surface area contributed by atoms with Gasteiger partial charge in [-0.15, -0.1) is 24.0 Å². The number of benzene rings is 1. The number of nitrogens with one attached hydrogen (secondary N) is 2. The predicted molar refractivity (Wildman–Crippen MR) is 142 cm³/mol. The number of carbonyl (C=O) groups excluding carboxylic acids is 1. The van der Waals surface area contributed by atoms with E-state index in [1.54, 1.807) is 32.6 Å². The quantitative estimate of drug-likeness (QED) is 0.286. The van der Waals surface area contributed by atoms with E-state index in [1.165, 1.54) is 5.56 Å². The van der Waals surface area contributed by atoms with E-state index in [0.29, 0.717) is 32.0 Å². The molecule has 3 rings (SSSR count). The minimum atomic E-state index is 0. The molecular formula is C23H34IN7O2. The molecule has 2 aromatic rings. The molecule has 0 unspecified atom stereocenters. The molecular weight excluding hydrogens is 533 g/mol. The highest BCUT2D eigenvalue weighted by molar-refractivity contribution is 14.0. The van der Waals surface area contributed by atoms with E-state index in [1.807, 2.05) is 11.8 Å². The molecule has 1 saturated heterocycles. The molecule has 0 bridgehead atoms. The summed E-state index contributed by atoms with van der Waals surface area (Å²) in [6, 6.07) is 8.05. The number of piperazine rings is 1. The molecule has 9 nitrogen and oxygen atoms in total. The smallest absolute Gasteiger partial charge is 0.225 e. The average Bonchev–Trinajstić information content (AvgIpc) is 2.84. The third-order valence-corrected chi connectivity index (χ3v) is 5.50. The molecule has 1 aliphatic heterocycles. The zero-order chi connectivity index (χ0) is 22.8. The molecule has 1 aromatic heterocycles. The number of amides is 1. The van der Waals surface area contributed by atoms with Crippen molar-refractivity contribution in [2.45, 2.75) is 19.8 Å². The summed E-state index contributed by atoms with van der Waals surface area (Å²) in [5.41, 5.74) is 2.33. The van der Waals surface area contributed by atoms with Gasteiger partial charge < -0.3 is 25.2 Å². The second kappa shape index (κ2) is 13.8. The largest absolute Gasteiger partial charge is 0.496 e. The van der Waals surface area contributed by atoms with Crippen LogP contribution < -0.4 is 20.3 Å². The SMILES string of the molecule is CN=C(NCCC(=O)N1CCN(c2ncccn2)CC1)NCCc1ccc(C)c(OC)c1.I. The van der Waals surface area contributed by atoms with Gasteiger partial charge in [0, 0.05) is 65.1 Å². The van der Waals surface area contributed by atoms with Crippen LogP contribution in [0.5, 0.6) is 5.75 Å². The maximum Gasteiger partial charge on any atom is 0.225 e. The highest BCUT2D eigenvalue weighted by atomic mass is 127. The highest BCUT2D eigenvalue weighted by Crippen LogP contribution is 2.19. The number of rotatable bonds is 8. The first-order chi connectivity index (χ1) is 15.6. The molecule has 0 aliphatic carbocycles. The van der Waals surface area contributed by atoms with E-state index >= 15 is 0 Å². The van der Waals surface area contributed by atoms with Crippen molar-refractivity contribution >= 4 is 41.8 Å². The molecule has 33 heavy (non-hydrogen) atoms. The van der Waals surface area contributed by atoms with E-state index in [9.17, 15) is 4.79 Å². The lowest BCUT2D eigenvalue weighted by Gasteiger charge is -2.34. The number of hydrogen-bond acceptors (Lipinski definition) is 6. The van der Waals surface area contributed by atoms with Gasteiger partial charge in [0.25, 0.3) is 0 Å². The number of halogens is 1. The van der Waals surface area contributed by atoms with Crippen LogP contribution in [0.15, 0.2) is 41.7 Å². The standard InChI is InChI=1S/C23H33N7O2.HI/c1-18-5-6-19(17-20(18)32-3)7-11-25-22(24-2)26-12-8-21(31)29-13-15-30(16-14-29)23-27-9-4-10-28-23;/h4-6,9-10,17H,7-8,11-16H2,1-3H3,(H2,24,25,26);1H. The second-order valence-corrected chi connectivity index (χ2v) is 7.65. The van der Waals surface area contributed by atoms with Crippen LogP contribution in [0.25, 0.3) is 0 Å². The molecule has 0 atom stereocenters. The zero-order valence-corrected chi connectivity index (χ0v) is 21.9. The van der Waals surface area contributed by atoms with E-state index < -0.39 is 0 Å². The molecule has 1 amide bonds. The number of hydrogen-bond donors (Lipinski definition) is 2. The Hall–Kier alpha value is -2.63. The van der Waals surface area contributed by atoms with Crippen LogP contribution in [0.4, 0.5) is 5.95 Å². The lowest BCUT2D eigenvalue weighted by atomic mass is 10.1. The highest BCUT2D eigenvalue weighted by Gasteiger charge is 2.22. The first-order valence-corrected chi connectivity index (χ1v) is 11.0. The number of ether oxygens (including phenoxy) is 1. The van der Waals surface area contributed by atoms with Crippen molar-refractivity contribution in [3.63, 3.8) is 0 Å². The normalized spacial score (nSPS) is 13.8. The van der Waals surface area contributed by atoms with Gasteiger partial charge in [-0.25, -0.2) is 9.97 Å². The number of aryl methyl sites for hydroxylation is 1. The number of aliphatic imine (C=N–C) groups is 1. The number of anilines is 1. The second-order valence-electron chi connectivity index (χ2n) is 7.65. The summed E-state index contributed by atoms with van der Waals surface area (Å²) in [6.45, 7) is 6.17. The third kappa shape index (κ3) is 8.02. The summed E-state index contributed by atoms with van der Waals surface area (Å²) < 4.78 is 5.39. The Kier molecular flexibility index (Phi) is 11.1. The van der Waals surface area contributed by atoms with E-state index in [4.69, 9.17) is 4.74 Å². The van der Waals surface area contributed by atoms with E-state index in [-0.39, 0.29) is 29.9 Å². The van der Waals surface area contributed by atoms with Crippen molar-refractivity contribution in [1.82, 2.24) is 25.5 Å². The molecule has 1 aromatic carbocycles. The van der Waals surface area contributed by atoms with Crippen molar-refractivity contribution in [3.8, 4) is 5.75 Å². The van der Waals surface area contributed by atoms with Crippen LogP contribution in [-0.2, 0) is 11.2 Å². The van der Waals surface area contributed by atoms with Gasteiger partial charge in [-0.2, -0.15) is 0 Å². The Morgan fingerprint density at radius 3 is 2.48 bits per heavy atom. The summed E-state index contributed by atoms with van der Waals surface area (Å²) in [5.74, 6) is 2.47. The number of carbonyl (C=O) groups is 1. The third-order valence-electron chi connectivity index (χ3n) is 5.50. The Morgan fingerprint density at radius 2 is 1.82 bits per heavy atom. The Labute approximate surface area is 213 Å². The van der Waals surface area contributed by atoms with Gasteiger partial charge in [0.2, 0.25) is 11.9 Å². The summed E-state index contributed by atoms with van der Waals surface area (Å²) >= 11 is 0. The van der Waals surface area contributed by atoms with Gasteiger partial charge in [0.15, 0.2) is 5.96 Å². The predicted octanol–water partition coefficient (Wildman–Crippen LogP) is 1.86. The lowest BCUT2D eigenvalue weighted by molar-refractivity contribution is -0.131. The lowest BCUT2D eigenvalue weighted by Crippen LogP contribution is -2.50. The summed E-state index contributed by atoms with van der Waals surface area (Å²) in [7, 11) is 3.42. The molecule has 2 heterocycles. The topological polar surface area (TPSA) is 95.0 Å². The fourth-order valence-corrected chi connectivity index (χ4v) is 3.62. The molecule has 10 heteroatoms. The van der Waals surface area contributed by atoms with Crippen LogP contribution >= 0.6 is 24.0 Å². The molecule has 180 valence electrons. The summed E-state index contributed by atoms with van der Waals surface area (Å²) in [4.78, 5) is 29.4.